The second-order valence-corrected chi connectivity index (χ2v) is 4.60. The Morgan fingerprint density at radius 2 is 2.31 bits per heavy atom. The Morgan fingerprint density at radius 1 is 1.56 bits per heavy atom. The van der Waals surface area contributed by atoms with Crippen molar-refractivity contribution in [1.82, 2.24) is 5.32 Å². The largest absolute Gasteiger partial charge is 0.480 e. The Balaban J connectivity index is 1.92. The lowest BCUT2D eigenvalue weighted by Crippen LogP contribution is -2.38. The van der Waals surface area contributed by atoms with Crippen molar-refractivity contribution in [3.63, 3.8) is 0 Å². The molecule has 2 N–H and O–H groups in total. The van der Waals surface area contributed by atoms with Crippen molar-refractivity contribution in [2.45, 2.75) is 25.4 Å². The highest BCUT2D eigenvalue weighted by atomic mass is 35.5. The molecule has 1 atom stereocenters. The number of aliphatic carboxylic acids is 1. The summed E-state index contributed by atoms with van der Waals surface area (Å²) in [6.45, 7) is 0.550. The summed E-state index contributed by atoms with van der Waals surface area (Å²) in [7, 11) is 0. The van der Waals surface area contributed by atoms with Gasteiger partial charge in [-0.15, -0.1) is 0 Å². The fourth-order valence-corrected chi connectivity index (χ4v) is 1.97. The van der Waals surface area contributed by atoms with Crippen LogP contribution in [-0.2, 0) is 11.3 Å². The minimum absolute atomic E-state index is 0.302. The predicted molar refractivity (Wildman–Crippen MR) is 62.4 cm³/mol. The van der Waals surface area contributed by atoms with Crippen molar-refractivity contribution in [2.24, 2.45) is 5.92 Å². The quantitative estimate of drug-likeness (QED) is 0.829. The summed E-state index contributed by atoms with van der Waals surface area (Å²) in [5, 5.41) is 12.8. The molecule has 0 amide bonds. The lowest BCUT2D eigenvalue weighted by Gasteiger charge is -2.13. The lowest BCUT2D eigenvalue weighted by molar-refractivity contribution is -0.140. The molecule has 0 radical (unpaired) electrons. The Bertz CT molecular complexity index is 390. The molecule has 0 aromatic heterocycles. The molecule has 0 bridgehead atoms. The molecule has 0 aliphatic heterocycles. The summed E-state index contributed by atoms with van der Waals surface area (Å²) in [5.41, 5.74) is 1.01. The first kappa shape index (κ1) is 11.4. The second-order valence-electron chi connectivity index (χ2n) is 4.16. The van der Waals surface area contributed by atoms with E-state index in [0.29, 0.717) is 17.5 Å². The molecule has 1 saturated carbocycles. The van der Waals surface area contributed by atoms with Gasteiger partial charge in [-0.3, -0.25) is 4.79 Å². The third-order valence-corrected chi connectivity index (χ3v) is 3.01. The SMILES string of the molecule is O=C(O)C(NCc1cccc(Cl)c1)C1CC1. The maximum Gasteiger partial charge on any atom is 0.320 e. The smallest absolute Gasteiger partial charge is 0.320 e. The average Bonchev–Trinajstić information content (AvgIpc) is 3.02. The third-order valence-electron chi connectivity index (χ3n) is 2.77. The van der Waals surface area contributed by atoms with Crippen LogP contribution in [0.15, 0.2) is 24.3 Å². The average molecular weight is 240 g/mol. The Kier molecular flexibility index (Phi) is 3.46. The maximum atomic E-state index is 11.0. The number of carbonyl (C=O) groups is 1. The van der Waals surface area contributed by atoms with Crippen LogP contribution >= 0.6 is 11.6 Å². The van der Waals surface area contributed by atoms with Crippen LogP contribution in [0.5, 0.6) is 0 Å². The third kappa shape index (κ3) is 2.97. The van der Waals surface area contributed by atoms with Crippen LogP contribution in [0.3, 0.4) is 0 Å². The standard InChI is InChI=1S/C12H14ClNO2/c13-10-3-1-2-8(6-10)7-14-11(12(15)16)9-4-5-9/h1-3,6,9,11,14H,4-5,7H2,(H,15,16). The molecule has 1 aliphatic carbocycles. The summed E-state index contributed by atoms with van der Waals surface area (Å²) in [6, 6.07) is 7.04. The van der Waals surface area contributed by atoms with Crippen LogP contribution in [-0.4, -0.2) is 17.1 Å². The Morgan fingerprint density at radius 3 is 2.88 bits per heavy atom. The molecule has 2 rings (SSSR count). The molecular formula is C12H14ClNO2. The van der Waals surface area contributed by atoms with E-state index in [1.807, 2.05) is 18.2 Å². The highest BCUT2D eigenvalue weighted by Gasteiger charge is 2.35. The van der Waals surface area contributed by atoms with E-state index in [-0.39, 0.29) is 0 Å². The normalized spacial score (nSPS) is 17.1. The monoisotopic (exact) mass is 239 g/mol. The van der Waals surface area contributed by atoms with Gasteiger partial charge < -0.3 is 10.4 Å². The number of halogens is 1. The van der Waals surface area contributed by atoms with Crippen molar-refractivity contribution >= 4 is 17.6 Å². The zero-order chi connectivity index (χ0) is 11.5. The molecule has 16 heavy (non-hydrogen) atoms. The maximum absolute atomic E-state index is 11.0. The molecular weight excluding hydrogens is 226 g/mol. The number of nitrogens with one attached hydrogen (secondary N) is 1. The molecule has 0 saturated heterocycles. The predicted octanol–water partition coefficient (Wildman–Crippen LogP) is 2.29. The first-order valence-electron chi connectivity index (χ1n) is 5.37. The van der Waals surface area contributed by atoms with E-state index in [1.165, 1.54) is 0 Å². The molecule has 1 aromatic rings. The van der Waals surface area contributed by atoms with E-state index in [1.54, 1.807) is 6.07 Å². The van der Waals surface area contributed by atoms with E-state index in [4.69, 9.17) is 16.7 Å². The van der Waals surface area contributed by atoms with Gasteiger partial charge in [0.1, 0.15) is 6.04 Å². The van der Waals surface area contributed by atoms with Crippen LogP contribution < -0.4 is 5.32 Å². The van der Waals surface area contributed by atoms with E-state index in [2.05, 4.69) is 5.32 Å². The van der Waals surface area contributed by atoms with Crippen molar-refractivity contribution in [3.8, 4) is 0 Å². The molecule has 1 aromatic carbocycles. The number of carboxylic acids is 1. The van der Waals surface area contributed by atoms with E-state index in [0.717, 1.165) is 18.4 Å². The molecule has 1 fully saturated rings. The molecule has 1 unspecified atom stereocenters. The van der Waals surface area contributed by atoms with Gasteiger partial charge in [-0.2, -0.15) is 0 Å². The van der Waals surface area contributed by atoms with Gasteiger partial charge >= 0.3 is 5.97 Å². The first-order chi connectivity index (χ1) is 7.66. The van der Waals surface area contributed by atoms with Crippen LogP contribution in [0.1, 0.15) is 18.4 Å². The summed E-state index contributed by atoms with van der Waals surface area (Å²) in [5.74, 6) is -0.457. The molecule has 0 spiro atoms. The Labute approximate surface area is 99.4 Å². The number of rotatable bonds is 5. The lowest BCUT2D eigenvalue weighted by atomic mass is 10.1. The molecule has 86 valence electrons. The minimum Gasteiger partial charge on any atom is -0.480 e. The van der Waals surface area contributed by atoms with Crippen LogP contribution in [0.2, 0.25) is 5.02 Å². The van der Waals surface area contributed by atoms with Gasteiger partial charge in [-0.25, -0.2) is 0 Å². The van der Waals surface area contributed by atoms with Gasteiger partial charge in [0.05, 0.1) is 0 Å². The minimum atomic E-state index is -0.760. The zero-order valence-corrected chi connectivity index (χ0v) is 9.57. The summed E-state index contributed by atoms with van der Waals surface area (Å²) in [4.78, 5) is 11.0. The number of hydrogen-bond acceptors (Lipinski definition) is 2. The van der Waals surface area contributed by atoms with Gasteiger partial charge in [0.2, 0.25) is 0 Å². The second kappa shape index (κ2) is 4.85. The van der Waals surface area contributed by atoms with E-state index < -0.39 is 12.0 Å². The zero-order valence-electron chi connectivity index (χ0n) is 8.82. The number of hydrogen-bond donors (Lipinski definition) is 2. The molecule has 1 aliphatic rings. The Hall–Kier alpha value is -1.06. The number of benzene rings is 1. The fourth-order valence-electron chi connectivity index (χ4n) is 1.76. The summed E-state index contributed by atoms with van der Waals surface area (Å²) >= 11 is 5.85. The van der Waals surface area contributed by atoms with Crippen LogP contribution in [0.25, 0.3) is 0 Å². The topological polar surface area (TPSA) is 49.3 Å². The van der Waals surface area contributed by atoms with Crippen LogP contribution in [0, 0.1) is 5.92 Å². The number of carboxylic acid groups (broad SMARTS) is 1. The van der Waals surface area contributed by atoms with E-state index in [9.17, 15) is 4.79 Å². The van der Waals surface area contributed by atoms with Crippen LogP contribution in [0.4, 0.5) is 0 Å². The molecule has 3 nitrogen and oxygen atoms in total. The fraction of sp³-hybridized carbons (Fsp3) is 0.417. The van der Waals surface area contributed by atoms with Crippen molar-refractivity contribution < 1.29 is 9.90 Å². The van der Waals surface area contributed by atoms with Crippen molar-refractivity contribution in [1.29, 1.82) is 0 Å². The van der Waals surface area contributed by atoms with Gasteiger partial charge in [0.25, 0.3) is 0 Å². The first-order valence-corrected chi connectivity index (χ1v) is 5.75. The van der Waals surface area contributed by atoms with Gasteiger partial charge in [0, 0.05) is 11.6 Å². The van der Waals surface area contributed by atoms with Crippen molar-refractivity contribution in [3.05, 3.63) is 34.9 Å². The molecule has 0 heterocycles. The van der Waals surface area contributed by atoms with E-state index >= 15 is 0 Å². The molecule has 4 heteroatoms. The van der Waals surface area contributed by atoms with Gasteiger partial charge in [0.15, 0.2) is 0 Å². The van der Waals surface area contributed by atoms with Gasteiger partial charge in [-0.1, -0.05) is 23.7 Å². The highest BCUT2D eigenvalue weighted by Crippen LogP contribution is 2.32. The summed E-state index contributed by atoms with van der Waals surface area (Å²) in [6.07, 6.45) is 2.03. The van der Waals surface area contributed by atoms with Crippen molar-refractivity contribution in [2.75, 3.05) is 0 Å². The van der Waals surface area contributed by atoms with Gasteiger partial charge in [-0.05, 0) is 36.5 Å². The summed E-state index contributed by atoms with van der Waals surface area (Å²) < 4.78 is 0. The highest BCUT2D eigenvalue weighted by molar-refractivity contribution is 6.30.